The molecule has 2 rings (SSSR count). The Bertz CT molecular complexity index is 647. The number of aromatic nitrogens is 1. The van der Waals surface area contributed by atoms with E-state index in [4.69, 9.17) is 9.84 Å². The van der Waals surface area contributed by atoms with Gasteiger partial charge in [0, 0.05) is 32.4 Å². The highest BCUT2D eigenvalue weighted by Crippen LogP contribution is 2.17. The fourth-order valence-electron chi connectivity index (χ4n) is 2.46. The minimum Gasteiger partial charge on any atom is -0.497 e. The molecule has 0 aliphatic heterocycles. The van der Waals surface area contributed by atoms with Crippen LogP contribution in [0.15, 0.2) is 48.7 Å². The van der Waals surface area contributed by atoms with Crippen LogP contribution < -0.4 is 9.64 Å². The van der Waals surface area contributed by atoms with Crippen LogP contribution in [0.4, 0.5) is 5.82 Å². The first-order valence-corrected chi connectivity index (χ1v) is 8.27. The molecule has 0 unspecified atom stereocenters. The molecule has 1 N–H and O–H groups in total. The monoisotopic (exact) mass is 343 g/mol. The number of likely N-dealkylation sites (N-methyl/N-ethyl adjacent to an activating group) is 1. The van der Waals surface area contributed by atoms with Crippen LogP contribution in [0, 0.1) is 0 Å². The molecular formula is C19H25N3O3. The minimum atomic E-state index is -0.772. The number of anilines is 1. The molecule has 0 aliphatic rings. The van der Waals surface area contributed by atoms with Crippen molar-refractivity contribution in [2.24, 2.45) is 0 Å². The van der Waals surface area contributed by atoms with E-state index >= 15 is 0 Å². The van der Waals surface area contributed by atoms with Gasteiger partial charge in [0.1, 0.15) is 11.6 Å². The molecular weight excluding hydrogens is 318 g/mol. The van der Waals surface area contributed by atoms with Crippen molar-refractivity contribution in [3.63, 3.8) is 0 Å². The highest BCUT2D eigenvalue weighted by Gasteiger charge is 2.11. The third-order valence-electron chi connectivity index (χ3n) is 3.96. The maximum atomic E-state index is 10.7. The Kier molecular flexibility index (Phi) is 7.22. The van der Waals surface area contributed by atoms with Crippen molar-refractivity contribution in [2.45, 2.75) is 13.0 Å². The standard InChI is InChI=1S/C19H25N3O3/c1-21(12-10-19(23)24)13-14-22(18-5-3-4-11-20-18)15-16-6-8-17(25-2)9-7-16/h3-9,11H,10,12-15H2,1-2H3,(H,23,24). The molecule has 0 saturated heterocycles. The zero-order valence-electron chi connectivity index (χ0n) is 14.8. The second kappa shape index (κ2) is 9.64. The maximum Gasteiger partial charge on any atom is 0.304 e. The molecule has 0 spiro atoms. The number of hydrogen-bond acceptors (Lipinski definition) is 5. The molecule has 25 heavy (non-hydrogen) atoms. The van der Waals surface area contributed by atoms with Gasteiger partial charge in [-0.1, -0.05) is 18.2 Å². The van der Waals surface area contributed by atoms with E-state index < -0.39 is 5.97 Å². The van der Waals surface area contributed by atoms with Crippen molar-refractivity contribution in [3.8, 4) is 5.75 Å². The first-order chi connectivity index (χ1) is 12.1. The van der Waals surface area contributed by atoms with Crippen molar-refractivity contribution in [2.75, 3.05) is 38.7 Å². The third-order valence-corrected chi connectivity index (χ3v) is 3.96. The Hall–Kier alpha value is -2.60. The van der Waals surface area contributed by atoms with Crippen LogP contribution in [-0.4, -0.2) is 54.8 Å². The number of carboxylic acid groups (broad SMARTS) is 1. The molecule has 6 heteroatoms. The molecule has 0 radical (unpaired) electrons. The molecule has 1 heterocycles. The van der Waals surface area contributed by atoms with Crippen molar-refractivity contribution in [1.82, 2.24) is 9.88 Å². The summed E-state index contributed by atoms with van der Waals surface area (Å²) in [7, 11) is 3.59. The smallest absolute Gasteiger partial charge is 0.304 e. The first kappa shape index (κ1) is 18.7. The van der Waals surface area contributed by atoms with E-state index in [-0.39, 0.29) is 6.42 Å². The Balaban J connectivity index is 2.01. The van der Waals surface area contributed by atoms with E-state index in [0.717, 1.165) is 31.2 Å². The number of methoxy groups -OCH3 is 1. The van der Waals surface area contributed by atoms with Gasteiger partial charge in [-0.2, -0.15) is 0 Å². The highest BCUT2D eigenvalue weighted by atomic mass is 16.5. The quantitative estimate of drug-likeness (QED) is 0.715. The molecule has 1 aromatic carbocycles. The average molecular weight is 343 g/mol. The molecule has 2 aromatic rings. The lowest BCUT2D eigenvalue weighted by Gasteiger charge is -2.26. The number of rotatable bonds is 10. The van der Waals surface area contributed by atoms with Gasteiger partial charge in [0.2, 0.25) is 0 Å². The van der Waals surface area contributed by atoms with E-state index in [0.29, 0.717) is 6.54 Å². The van der Waals surface area contributed by atoms with Crippen molar-refractivity contribution < 1.29 is 14.6 Å². The van der Waals surface area contributed by atoms with Crippen molar-refractivity contribution >= 4 is 11.8 Å². The highest BCUT2D eigenvalue weighted by molar-refractivity contribution is 5.66. The van der Waals surface area contributed by atoms with E-state index in [1.54, 1.807) is 13.3 Å². The van der Waals surface area contributed by atoms with Gasteiger partial charge in [0.15, 0.2) is 0 Å². The lowest BCUT2D eigenvalue weighted by atomic mass is 10.2. The summed E-state index contributed by atoms with van der Waals surface area (Å²) in [5.41, 5.74) is 1.17. The zero-order chi connectivity index (χ0) is 18.1. The summed E-state index contributed by atoms with van der Waals surface area (Å²) in [6.45, 7) is 2.79. The Morgan fingerprint density at radius 3 is 2.48 bits per heavy atom. The number of benzene rings is 1. The molecule has 0 bridgehead atoms. The molecule has 134 valence electrons. The van der Waals surface area contributed by atoms with E-state index in [9.17, 15) is 4.79 Å². The summed E-state index contributed by atoms with van der Waals surface area (Å²) in [6.07, 6.45) is 1.93. The number of aliphatic carboxylic acids is 1. The van der Waals surface area contributed by atoms with Crippen LogP contribution >= 0.6 is 0 Å². The molecule has 0 fully saturated rings. The summed E-state index contributed by atoms with van der Waals surface area (Å²) in [6, 6.07) is 13.8. The lowest BCUT2D eigenvalue weighted by Crippen LogP contribution is -2.34. The van der Waals surface area contributed by atoms with Gasteiger partial charge in [-0.3, -0.25) is 4.79 Å². The summed E-state index contributed by atoms with van der Waals surface area (Å²) in [5.74, 6) is 0.971. The lowest BCUT2D eigenvalue weighted by molar-refractivity contribution is -0.137. The number of ether oxygens (including phenoxy) is 1. The molecule has 6 nitrogen and oxygen atoms in total. The number of nitrogens with zero attached hydrogens (tertiary/aromatic N) is 3. The van der Waals surface area contributed by atoms with Crippen LogP contribution in [0.1, 0.15) is 12.0 Å². The average Bonchev–Trinajstić information content (AvgIpc) is 2.64. The van der Waals surface area contributed by atoms with Gasteiger partial charge in [-0.05, 0) is 36.9 Å². The van der Waals surface area contributed by atoms with Crippen LogP contribution in [0.2, 0.25) is 0 Å². The fraction of sp³-hybridized carbons (Fsp3) is 0.368. The fourth-order valence-corrected chi connectivity index (χ4v) is 2.46. The SMILES string of the molecule is COc1ccc(CN(CCN(C)CCC(=O)O)c2ccccn2)cc1. The Labute approximate surface area is 148 Å². The molecule has 0 aliphatic carbocycles. The van der Waals surface area contributed by atoms with Gasteiger partial charge >= 0.3 is 5.97 Å². The largest absolute Gasteiger partial charge is 0.497 e. The third kappa shape index (κ3) is 6.43. The molecule has 0 saturated carbocycles. The molecule has 0 atom stereocenters. The topological polar surface area (TPSA) is 65.9 Å². The second-order valence-electron chi connectivity index (χ2n) is 5.90. The maximum absolute atomic E-state index is 10.7. The van der Waals surface area contributed by atoms with Crippen LogP contribution in [0.5, 0.6) is 5.75 Å². The van der Waals surface area contributed by atoms with E-state index in [1.807, 2.05) is 54.4 Å². The number of hydrogen-bond donors (Lipinski definition) is 1. The zero-order valence-corrected chi connectivity index (χ0v) is 14.8. The van der Waals surface area contributed by atoms with Crippen LogP contribution in [0.3, 0.4) is 0 Å². The second-order valence-corrected chi connectivity index (χ2v) is 5.90. The number of pyridine rings is 1. The first-order valence-electron chi connectivity index (χ1n) is 8.27. The summed E-state index contributed by atoms with van der Waals surface area (Å²) in [4.78, 5) is 19.4. The van der Waals surface area contributed by atoms with E-state index in [1.165, 1.54) is 5.56 Å². The van der Waals surface area contributed by atoms with Gasteiger partial charge in [-0.15, -0.1) is 0 Å². The van der Waals surface area contributed by atoms with Crippen molar-refractivity contribution in [3.05, 3.63) is 54.2 Å². The summed E-state index contributed by atoms with van der Waals surface area (Å²) >= 11 is 0. The summed E-state index contributed by atoms with van der Waals surface area (Å²) in [5, 5.41) is 8.80. The van der Waals surface area contributed by atoms with Crippen LogP contribution in [-0.2, 0) is 11.3 Å². The van der Waals surface area contributed by atoms with Gasteiger partial charge in [0.05, 0.1) is 13.5 Å². The predicted octanol–water partition coefficient (Wildman–Crippen LogP) is 2.50. The Morgan fingerprint density at radius 1 is 1.12 bits per heavy atom. The van der Waals surface area contributed by atoms with Gasteiger partial charge in [0.25, 0.3) is 0 Å². The molecule has 0 amide bonds. The van der Waals surface area contributed by atoms with E-state index in [2.05, 4.69) is 9.88 Å². The molecule has 1 aromatic heterocycles. The van der Waals surface area contributed by atoms with Gasteiger partial charge < -0.3 is 19.6 Å². The number of carbonyl (C=O) groups is 1. The predicted molar refractivity (Wildman–Crippen MR) is 98.0 cm³/mol. The number of carboxylic acids is 1. The van der Waals surface area contributed by atoms with Crippen LogP contribution in [0.25, 0.3) is 0 Å². The Morgan fingerprint density at radius 2 is 1.88 bits per heavy atom. The van der Waals surface area contributed by atoms with Crippen molar-refractivity contribution in [1.29, 1.82) is 0 Å². The minimum absolute atomic E-state index is 0.151. The summed E-state index contributed by atoms with van der Waals surface area (Å²) < 4.78 is 5.20. The van der Waals surface area contributed by atoms with Gasteiger partial charge in [-0.25, -0.2) is 4.98 Å². The normalized spacial score (nSPS) is 10.7.